The quantitative estimate of drug-likeness (QED) is 0.846. The topological polar surface area (TPSA) is 29.9 Å². The van der Waals surface area contributed by atoms with E-state index in [9.17, 15) is 0 Å². The van der Waals surface area contributed by atoms with Gasteiger partial charge in [-0.25, -0.2) is 4.98 Å². The van der Waals surface area contributed by atoms with Crippen molar-refractivity contribution < 1.29 is 0 Å². The molecular formula is C13H23N3. The summed E-state index contributed by atoms with van der Waals surface area (Å²) >= 11 is 0. The molecule has 2 rings (SSSR count). The monoisotopic (exact) mass is 221 g/mol. The maximum Gasteiger partial charge on any atom is 0.105 e. The Morgan fingerprint density at radius 1 is 1.56 bits per heavy atom. The van der Waals surface area contributed by atoms with Gasteiger partial charge in [-0.1, -0.05) is 20.3 Å². The summed E-state index contributed by atoms with van der Waals surface area (Å²) in [5.41, 5.74) is 0.476. The number of aromatic nitrogens is 2. The number of hydrogen-bond acceptors (Lipinski definition) is 2. The highest BCUT2D eigenvalue weighted by Gasteiger charge is 2.33. The highest BCUT2D eigenvalue weighted by molar-refractivity contribution is 4.91. The Balaban J connectivity index is 1.78. The SMILES string of the molecule is Cc1nccn1CCNC1CCCC1(C)C. The molecule has 1 unspecified atom stereocenters. The molecule has 0 radical (unpaired) electrons. The van der Waals surface area contributed by atoms with Crippen LogP contribution in [0.1, 0.15) is 38.9 Å². The van der Waals surface area contributed by atoms with Crippen molar-refractivity contribution in [1.82, 2.24) is 14.9 Å². The van der Waals surface area contributed by atoms with E-state index < -0.39 is 0 Å². The van der Waals surface area contributed by atoms with Gasteiger partial charge in [-0.3, -0.25) is 0 Å². The maximum absolute atomic E-state index is 4.23. The number of imidazole rings is 1. The molecule has 90 valence electrons. The standard InChI is InChI=1S/C13H23N3/c1-11-14-7-9-16(11)10-8-15-12-5-4-6-13(12,2)3/h7,9,12,15H,4-6,8,10H2,1-3H3. The number of rotatable bonds is 4. The van der Waals surface area contributed by atoms with Crippen LogP contribution in [0, 0.1) is 12.3 Å². The summed E-state index contributed by atoms with van der Waals surface area (Å²) in [4.78, 5) is 4.23. The number of nitrogens with zero attached hydrogens (tertiary/aromatic N) is 2. The van der Waals surface area contributed by atoms with Gasteiger partial charge in [0.15, 0.2) is 0 Å². The van der Waals surface area contributed by atoms with Crippen molar-refractivity contribution in [2.45, 2.75) is 52.6 Å². The first-order chi connectivity index (χ1) is 7.59. The van der Waals surface area contributed by atoms with Crippen molar-refractivity contribution in [3.05, 3.63) is 18.2 Å². The van der Waals surface area contributed by atoms with Crippen molar-refractivity contribution in [3.8, 4) is 0 Å². The zero-order valence-electron chi connectivity index (χ0n) is 10.7. The van der Waals surface area contributed by atoms with E-state index in [2.05, 4.69) is 41.8 Å². The van der Waals surface area contributed by atoms with Gasteiger partial charge >= 0.3 is 0 Å². The van der Waals surface area contributed by atoms with Crippen LogP contribution in [0.2, 0.25) is 0 Å². The zero-order valence-corrected chi connectivity index (χ0v) is 10.7. The summed E-state index contributed by atoms with van der Waals surface area (Å²) < 4.78 is 2.20. The van der Waals surface area contributed by atoms with Crippen molar-refractivity contribution in [2.24, 2.45) is 5.41 Å². The summed E-state index contributed by atoms with van der Waals surface area (Å²) in [6, 6.07) is 0.691. The van der Waals surface area contributed by atoms with Gasteiger partial charge in [0.2, 0.25) is 0 Å². The summed E-state index contributed by atoms with van der Waals surface area (Å²) in [5, 5.41) is 3.69. The minimum Gasteiger partial charge on any atom is -0.334 e. The van der Waals surface area contributed by atoms with Crippen molar-refractivity contribution in [2.75, 3.05) is 6.54 Å². The lowest BCUT2D eigenvalue weighted by Gasteiger charge is -2.28. The van der Waals surface area contributed by atoms with E-state index in [1.807, 2.05) is 6.20 Å². The molecule has 1 aromatic rings. The second kappa shape index (κ2) is 4.58. The Hall–Kier alpha value is -0.830. The number of aryl methyl sites for hydroxylation is 1. The van der Waals surface area contributed by atoms with Crippen LogP contribution in [0.4, 0.5) is 0 Å². The third-order valence-electron chi connectivity index (χ3n) is 3.92. The normalized spacial score (nSPS) is 23.8. The van der Waals surface area contributed by atoms with Crippen LogP contribution in [0.3, 0.4) is 0 Å². The Kier molecular flexibility index (Phi) is 3.33. The number of hydrogen-bond donors (Lipinski definition) is 1. The second-order valence-corrected chi connectivity index (χ2v) is 5.56. The van der Waals surface area contributed by atoms with Gasteiger partial charge in [-0.2, -0.15) is 0 Å². The molecule has 1 heterocycles. The molecule has 1 aliphatic carbocycles. The maximum atomic E-state index is 4.23. The lowest BCUT2D eigenvalue weighted by atomic mass is 9.87. The van der Waals surface area contributed by atoms with Gasteiger partial charge < -0.3 is 9.88 Å². The summed E-state index contributed by atoms with van der Waals surface area (Å²) in [7, 11) is 0. The fourth-order valence-electron chi connectivity index (χ4n) is 2.70. The molecule has 1 N–H and O–H groups in total. The first-order valence-corrected chi connectivity index (χ1v) is 6.31. The smallest absolute Gasteiger partial charge is 0.105 e. The van der Waals surface area contributed by atoms with Crippen LogP contribution < -0.4 is 5.32 Å². The van der Waals surface area contributed by atoms with Crippen LogP contribution in [0.25, 0.3) is 0 Å². The molecule has 3 heteroatoms. The Morgan fingerprint density at radius 3 is 2.94 bits per heavy atom. The van der Waals surface area contributed by atoms with E-state index in [0.717, 1.165) is 18.9 Å². The first kappa shape index (κ1) is 11.6. The molecule has 1 aromatic heterocycles. The van der Waals surface area contributed by atoms with E-state index >= 15 is 0 Å². The third kappa shape index (κ3) is 2.46. The van der Waals surface area contributed by atoms with Crippen LogP contribution >= 0.6 is 0 Å². The van der Waals surface area contributed by atoms with E-state index in [-0.39, 0.29) is 0 Å². The summed E-state index contributed by atoms with van der Waals surface area (Å²) in [6.45, 7) is 8.88. The molecule has 0 spiro atoms. The number of nitrogens with one attached hydrogen (secondary N) is 1. The molecule has 1 fully saturated rings. The fraction of sp³-hybridized carbons (Fsp3) is 0.769. The molecule has 0 amide bonds. The molecule has 0 bridgehead atoms. The Morgan fingerprint density at radius 2 is 2.38 bits per heavy atom. The predicted octanol–water partition coefficient (Wildman–Crippen LogP) is 2.36. The van der Waals surface area contributed by atoms with Crippen LogP contribution in [-0.4, -0.2) is 22.1 Å². The van der Waals surface area contributed by atoms with Gasteiger partial charge in [0.1, 0.15) is 5.82 Å². The Labute approximate surface area is 98.3 Å². The fourth-order valence-corrected chi connectivity index (χ4v) is 2.70. The largest absolute Gasteiger partial charge is 0.334 e. The third-order valence-corrected chi connectivity index (χ3v) is 3.92. The highest BCUT2D eigenvalue weighted by atomic mass is 15.1. The van der Waals surface area contributed by atoms with Gasteiger partial charge in [0.05, 0.1) is 0 Å². The van der Waals surface area contributed by atoms with E-state index in [0.29, 0.717) is 11.5 Å². The molecule has 0 aliphatic heterocycles. The average Bonchev–Trinajstić information content (AvgIpc) is 2.75. The van der Waals surface area contributed by atoms with Crippen molar-refractivity contribution in [1.29, 1.82) is 0 Å². The van der Waals surface area contributed by atoms with Gasteiger partial charge in [0, 0.05) is 31.5 Å². The lowest BCUT2D eigenvalue weighted by molar-refractivity contribution is 0.281. The van der Waals surface area contributed by atoms with Gasteiger partial charge in [-0.05, 0) is 25.2 Å². The molecule has 0 aromatic carbocycles. The molecule has 16 heavy (non-hydrogen) atoms. The van der Waals surface area contributed by atoms with E-state index in [1.165, 1.54) is 19.3 Å². The molecule has 3 nitrogen and oxygen atoms in total. The van der Waals surface area contributed by atoms with Crippen LogP contribution in [0.15, 0.2) is 12.4 Å². The minimum absolute atomic E-state index is 0.476. The van der Waals surface area contributed by atoms with E-state index in [1.54, 1.807) is 0 Å². The minimum atomic E-state index is 0.476. The van der Waals surface area contributed by atoms with Gasteiger partial charge in [-0.15, -0.1) is 0 Å². The van der Waals surface area contributed by atoms with Crippen molar-refractivity contribution in [3.63, 3.8) is 0 Å². The molecular weight excluding hydrogens is 198 g/mol. The molecule has 1 saturated carbocycles. The van der Waals surface area contributed by atoms with Crippen LogP contribution in [0.5, 0.6) is 0 Å². The lowest BCUT2D eigenvalue weighted by Crippen LogP contribution is -2.39. The molecule has 1 atom stereocenters. The highest BCUT2D eigenvalue weighted by Crippen LogP contribution is 2.36. The Bertz CT molecular complexity index is 341. The van der Waals surface area contributed by atoms with Gasteiger partial charge in [0.25, 0.3) is 0 Å². The summed E-state index contributed by atoms with van der Waals surface area (Å²) in [5.74, 6) is 1.10. The van der Waals surface area contributed by atoms with Crippen molar-refractivity contribution >= 4 is 0 Å². The average molecular weight is 221 g/mol. The summed E-state index contributed by atoms with van der Waals surface area (Å²) in [6.07, 6.45) is 7.98. The molecule has 0 saturated heterocycles. The van der Waals surface area contributed by atoms with Crippen LogP contribution in [-0.2, 0) is 6.54 Å². The molecule has 1 aliphatic rings. The zero-order chi connectivity index (χ0) is 11.6. The van der Waals surface area contributed by atoms with E-state index in [4.69, 9.17) is 0 Å². The predicted molar refractivity (Wildman–Crippen MR) is 66.4 cm³/mol. The first-order valence-electron chi connectivity index (χ1n) is 6.31. The second-order valence-electron chi connectivity index (χ2n) is 5.56.